The van der Waals surface area contributed by atoms with Crippen LogP contribution in [0.3, 0.4) is 0 Å². The highest BCUT2D eigenvalue weighted by Gasteiger charge is 2.15. The second kappa shape index (κ2) is 7.33. The number of hydrogen-bond acceptors (Lipinski definition) is 5. The van der Waals surface area contributed by atoms with Crippen LogP contribution in [0.15, 0.2) is 59.2 Å². The zero-order valence-electron chi connectivity index (χ0n) is 13.1. The number of ether oxygens (including phenoxy) is 1. The maximum absolute atomic E-state index is 12.1. The fourth-order valence-corrected chi connectivity index (χ4v) is 3.18. The average molecular weight is 343 g/mol. The van der Waals surface area contributed by atoms with E-state index in [2.05, 4.69) is 5.32 Å². The molecule has 0 radical (unpaired) electrons. The van der Waals surface area contributed by atoms with Crippen LogP contribution in [-0.2, 0) is 6.54 Å². The molecule has 1 unspecified atom stereocenters. The summed E-state index contributed by atoms with van der Waals surface area (Å²) >= 11 is 1.44. The van der Waals surface area contributed by atoms with Crippen LogP contribution >= 0.6 is 11.3 Å². The van der Waals surface area contributed by atoms with Gasteiger partial charge in [-0.25, -0.2) is 0 Å². The first-order chi connectivity index (χ1) is 11.7. The van der Waals surface area contributed by atoms with E-state index in [0.29, 0.717) is 23.6 Å². The number of benzene rings is 1. The maximum atomic E-state index is 12.1. The Kier molecular flexibility index (Phi) is 4.98. The van der Waals surface area contributed by atoms with E-state index < -0.39 is 6.10 Å². The highest BCUT2D eigenvalue weighted by atomic mass is 32.1. The van der Waals surface area contributed by atoms with Gasteiger partial charge in [-0.3, -0.25) is 4.79 Å². The SMILES string of the molecule is COc1ccc(C(=O)NCc2ccc(C(O)c3ccco3)s2)cc1. The summed E-state index contributed by atoms with van der Waals surface area (Å²) in [6, 6.07) is 14.1. The molecule has 0 aliphatic rings. The van der Waals surface area contributed by atoms with E-state index in [1.807, 2.05) is 12.1 Å². The quantitative estimate of drug-likeness (QED) is 0.720. The highest BCUT2D eigenvalue weighted by Crippen LogP contribution is 2.28. The standard InChI is InChI=1S/C18H17NO4S/c1-22-13-6-4-12(5-7-13)18(21)19-11-14-8-9-16(24-14)17(20)15-3-2-10-23-15/h2-10,17,20H,11H2,1H3,(H,19,21). The molecule has 1 amide bonds. The second-order valence-corrected chi connectivity index (χ2v) is 6.33. The molecule has 2 N–H and O–H groups in total. The van der Waals surface area contributed by atoms with Crippen molar-refractivity contribution >= 4 is 17.2 Å². The van der Waals surface area contributed by atoms with Gasteiger partial charge in [0, 0.05) is 15.3 Å². The van der Waals surface area contributed by atoms with Gasteiger partial charge in [-0.1, -0.05) is 0 Å². The van der Waals surface area contributed by atoms with Gasteiger partial charge in [0.1, 0.15) is 17.6 Å². The topological polar surface area (TPSA) is 71.7 Å². The minimum Gasteiger partial charge on any atom is -0.497 e. The summed E-state index contributed by atoms with van der Waals surface area (Å²) in [6.45, 7) is 0.403. The van der Waals surface area contributed by atoms with E-state index in [1.165, 1.54) is 17.6 Å². The summed E-state index contributed by atoms with van der Waals surface area (Å²) in [4.78, 5) is 13.9. The molecule has 1 atom stereocenters. The zero-order valence-corrected chi connectivity index (χ0v) is 13.9. The van der Waals surface area contributed by atoms with E-state index in [1.54, 1.807) is 43.5 Å². The predicted molar refractivity (Wildman–Crippen MR) is 91.3 cm³/mol. The normalized spacial score (nSPS) is 11.9. The minimum atomic E-state index is -0.781. The summed E-state index contributed by atoms with van der Waals surface area (Å²) in [5.41, 5.74) is 0.572. The Balaban J connectivity index is 1.59. The number of carbonyl (C=O) groups is 1. The number of aliphatic hydroxyl groups excluding tert-OH is 1. The molecular weight excluding hydrogens is 326 g/mol. The van der Waals surface area contributed by atoms with Crippen LogP contribution in [0, 0.1) is 0 Å². The minimum absolute atomic E-state index is 0.154. The molecule has 124 valence electrons. The van der Waals surface area contributed by atoms with Crippen molar-refractivity contribution in [3.05, 3.63) is 75.9 Å². The Morgan fingerprint density at radius 2 is 2.04 bits per heavy atom. The summed E-state index contributed by atoms with van der Waals surface area (Å²) in [5, 5.41) is 13.1. The van der Waals surface area contributed by atoms with Gasteiger partial charge in [0.25, 0.3) is 5.91 Å². The van der Waals surface area contributed by atoms with Gasteiger partial charge >= 0.3 is 0 Å². The molecule has 1 aromatic carbocycles. The average Bonchev–Trinajstić information content (AvgIpc) is 3.31. The Hall–Kier alpha value is -2.57. The summed E-state index contributed by atoms with van der Waals surface area (Å²) in [5.74, 6) is 1.06. The number of nitrogens with one attached hydrogen (secondary N) is 1. The number of aliphatic hydroxyl groups is 1. The summed E-state index contributed by atoms with van der Waals surface area (Å²) in [6.07, 6.45) is 0.748. The van der Waals surface area contributed by atoms with Gasteiger partial charge in [0.2, 0.25) is 0 Å². The van der Waals surface area contributed by atoms with Crippen LogP contribution in [0.2, 0.25) is 0 Å². The third-order valence-corrected chi connectivity index (χ3v) is 4.68. The Morgan fingerprint density at radius 1 is 1.25 bits per heavy atom. The Morgan fingerprint density at radius 3 is 2.71 bits per heavy atom. The molecule has 2 aromatic heterocycles. The van der Waals surface area contributed by atoms with Crippen molar-refractivity contribution in [3.8, 4) is 5.75 Å². The molecule has 0 bridgehead atoms. The third kappa shape index (κ3) is 3.67. The third-order valence-electron chi connectivity index (χ3n) is 3.54. The van der Waals surface area contributed by atoms with Crippen molar-refractivity contribution in [1.29, 1.82) is 0 Å². The lowest BCUT2D eigenvalue weighted by molar-refractivity contribution is 0.0951. The van der Waals surface area contributed by atoms with E-state index in [0.717, 1.165) is 9.75 Å². The van der Waals surface area contributed by atoms with E-state index >= 15 is 0 Å². The Bertz CT molecular complexity index is 793. The van der Waals surface area contributed by atoms with Crippen molar-refractivity contribution in [2.75, 3.05) is 7.11 Å². The van der Waals surface area contributed by atoms with Gasteiger partial charge in [-0.2, -0.15) is 0 Å². The van der Waals surface area contributed by atoms with Gasteiger partial charge in [0.05, 0.1) is 19.9 Å². The van der Waals surface area contributed by atoms with Gasteiger partial charge in [-0.15, -0.1) is 11.3 Å². The number of carbonyl (C=O) groups excluding carboxylic acids is 1. The van der Waals surface area contributed by atoms with Crippen LogP contribution in [0.25, 0.3) is 0 Å². The molecule has 6 heteroatoms. The zero-order chi connectivity index (χ0) is 16.9. The molecule has 3 rings (SSSR count). The largest absolute Gasteiger partial charge is 0.497 e. The molecule has 5 nitrogen and oxygen atoms in total. The molecule has 2 heterocycles. The molecule has 0 saturated heterocycles. The number of methoxy groups -OCH3 is 1. The van der Waals surface area contributed by atoms with Crippen molar-refractivity contribution in [1.82, 2.24) is 5.32 Å². The highest BCUT2D eigenvalue weighted by molar-refractivity contribution is 7.12. The van der Waals surface area contributed by atoms with Crippen molar-refractivity contribution in [2.45, 2.75) is 12.6 Å². The number of hydrogen-bond donors (Lipinski definition) is 2. The fraction of sp³-hybridized carbons (Fsp3) is 0.167. The molecule has 0 fully saturated rings. The first-order valence-electron chi connectivity index (χ1n) is 7.39. The van der Waals surface area contributed by atoms with Crippen LogP contribution in [0.4, 0.5) is 0 Å². The van der Waals surface area contributed by atoms with Crippen molar-refractivity contribution < 1.29 is 19.1 Å². The predicted octanol–water partition coefficient (Wildman–Crippen LogP) is 3.36. The summed E-state index contributed by atoms with van der Waals surface area (Å²) in [7, 11) is 1.58. The number of rotatable bonds is 6. The van der Waals surface area contributed by atoms with Crippen LogP contribution < -0.4 is 10.1 Å². The lowest BCUT2D eigenvalue weighted by Crippen LogP contribution is -2.22. The number of furan rings is 1. The van der Waals surface area contributed by atoms with Crippen LogP contribution in [0.1, 0.15) is 32.0 Å². The number of thiophene rings is 1. The molecule has 24 heavy (non-hydrogen) atoms. The van der Waals surface area contributed by atoms with Crippen LogP contribution in [-0.4, -0.2) is 18.1 Å². The van der Waals surface area contributed by atoms with Crippen molar-refractivity contribution in [3.63, 3.8) is 0 Å². The van der Waals surface area contributed by atoms with Gasteiger partial charge < -0.3 is 19.6 Å². The molecule has 0 aliphatic heterocycles. The van der Waals surface area contributed by atoms with E-state index in [9.17, 15) is 9.90 Å². The maximum Gasteiger partial charge on any atom is 0.251 e. The first kappa shape index (κ1) is 16.3. The van der Waals surface area contributed by atoms with Gasteiger partial charge in [0.15, 0.2) is 0 Å². The smallest absolute Gasteiger partial charge is 0.251 e. The Labute approximate surface area is 143 Å². The second-order valence-electron chi connectivity index (χ2n) is 5.13. The van der Waals surface area contributed by atoms with E-state index in [-0.39, 0.29) is 5.91 Å². The molecular formula is C18H17NO4S. The van der Waals surface area contributed by atoms with Crippen molar-refractivity contribution in [2.24, 2.45) is 0 Å². The molecule has 0 saturated carbocycles. The van der Waals surface area contributed by atoms with E-state index in [4.69, 9.17) is 9.15 Å². The molecule has 3 aromatic rings. The lowest BCUT2D eigenvalue weighted by atomic mass is 10.2. The molecule has 0 aliphatic carbocycles. The molecule has 0 spiro atoms. The van der Waals surface area contributed by atoms with Gasteiger partial charge in [-0.05, 0) is 48.5 Å². The fourth-order valence-electron chi connectivity index (χ4n) is 2.24. The first-order valence-corrected chi connectivity index (χ1v) is 8.21. The number of amides is 1. The monoisotopic (exact) mass is 343 g/mol. The lowest BCUT2D eigenvalue weighted by Gasteiger charge is -2.06. The summed E-state index contributed by atoms with van der Waals surface area (Å²) < 4.78 is 10.3. The van der Waals surface area contributed by atoms with Crippen LogP contribution in [0.5, 0.6) is 5.75 Å².